The summed E-state index contributed by atoms with van der Waals surface area (Å²) in [6.07, 6.45) is 5.41. The van der Waals surface area contributed by atoms with Crippen LogP contribution in [0.5, 0.6) is 0 Å². The summed E-state index contributed by atoms with van der Waals surface area (Å²) in [5, 5.41) is 6.41. The zero-order valence-electron chi connectivity index (χ0n) is 13.2. The highest BCUT2D eigenvalue weighted by atomic mass is 16.1. The van der Waals surface area contributed by atoms with Crippen molar-refractivity contribution in [2.75, 3.05) is 13.1 Å². The standard InChI is InChI=1S/C16H30N2O/c1-12-8-13(2)10-14(9-12)11-17-7-6-15(19)18-16(3,4)5/h8,12,14,17H,6-7,9-11H2,1-5H3,(H,18,19). The first-order valence-corrected chi connectivity index (χ1v) is 7.45. The monoisotopic (exact) mass is 266 g/mol. The van der Waals surface area contributed by atoms with E-state index in [1.54, 1.807) is 0 Å². The van der Waals surface area contributed by atoms with Gasteiger partial charge < -0.3 is 10.6 Å². The Balaban J connectivity index is 2.15. The molecule has 1 amide bonds. The van der Waals surface area contributed by atoms with Crippen molar-refractivity contribution in [1.82, 2.24) is 10.6 Å². The summed E-state index contributed by atoms with van der Waals surface area (Å²) in [6, 6.07) is 0. The average Bonchev–Trinajstić information content (AvgIpc) is 2.20. The number of carbonyl (C=O) groups is 1. The van der Waals surface area contributed by atoms with E-state index in [4.69, 9.17) is 0 Å². The maximum Gasteiger partial charge on any atom is 0.221 e. The number of hydrogen-bond acceptors (Lipinski definition) is 2. The molecule has 0 fully saturated rings. The Morgan fingerprint density at radius 1 is 1.42 bits per heavy atom. The molecule has 2 N–H and O–H groups in total. The maximum absolute atomic E-state index is 11.7. The number of amides is 1. The molecule has 0 spiro atoms. The van der Waals surface area contributed by atoms with Crippen LogP contribution in [0.25, 0.3) is 0 Å². The van der Waals surface area contributed by atoms with Gasteiger partial charge in [0.25, 0.3) is 0 Å². The van der Waals surface area contributed by atoms with Crippen molar-refractivity contribution in [3.8, 4) is 0 Å². The zero-order valence-corrected chi connectivity index (χ0v) is 13.2. The Labute approximate surface area is 118 Å². The van der Waals surface area contributed by atoms with Gasteiger partial charge in [-0.05, 0) is 58.9 Å². The van der Waals surface area contributed by atoms with E-state index >= 15 is 0 Å². The van der Waals surface area contributed by atoms with Crippen LogP contribution in [-0.2, 0) is 4.79 Å². The van der Waals surface area contributed by atoms with Crippen LogP contribution in [0.4, 0.5) is 0 Å². The molecule has 3 heteroatoms. The third-order valence-electron chi connectivity index (χ3n) is 3.36. The molecule has 0 radical (unpaired) electrons. The third kappa shape index (κ3) is 7.36. The van der Waals surface area contributed by atoms with E-state index in [1.807, 2.05) is 20.8 Å². The van der Waals surface area contributed by atoms with Crippen LogP contribution in [0.15, 0.2) is 11.6 Å². The molecule has 2 unspecified atom stereocenters. The van der Waals surface area contributed by atoms with E-state index in [0.717, 1.165) is 19.0 Å². The lowest BCUT2D eigenvalue weighted by Crippen LogP contribution is -2.41. The van der Waals surface area contributed by atoms with Crippen molar-refractivity contribution in [2.24, 2.45) is 11.8 Å². The predicted molar refractivity (Wildman–Crippen MR) is 81.0 cm³/mol. The summed E-state index contributed by atoms with van der Waals surface area (Å²) in [5.74, 6) is 1.56. The fourth-order valence-electron chi connectivity index (χ4n) is 2.83. The molecule has 0 aromatic heterocycles. The Morgan fingerprint density at radius 3 is 2.68 bits per heavy atom. The molecule has 0 heterocycles. The minimum atomic E-state index is -0.127. The minimum Gasteiger partial charge on any atom is -0.351 e. The topological polar surface area (TPSA) is 41.1 Å². The first-order valence-electron chi connectivity index (χ1n) is 7.45. The maximum atomic E-state index is 11.7. The predicted octanol–water partition coefficient (Wildman–Crippen LogP) is 2.87. The molecule has 2 atom stereocenters. The highest BCUT2D eigenvalue weighted by Gasteiger charge is 2.18. The van der Waals surface area contributed by atoms with Crippen LogP contribution < -0.4 is 10.6 Å². The molecule has 110 valence electrons. The highest BCUT2D eigenvalue weighted by Crippen LogP contribution is 2.27. The van der Waals surface area contributed by atoms with E-state index in [1.165, 1.54) is 18.4 Å². The first kappa shape index (κ1) is 16.2. The Bertz CT molecular complexity index is 328. The molecule has 0 aromatic carbocycles. The lowest BCUT2D eigenvalue weighted by molar-refractivity contribution is -0.122. The number of rotatable bonds is 5. The van der Waals surface area contributed by atoms with Crippen LogP contribution >= 0.6 is 0 Å². The van der Waals surface area contributed by atoms with E-state index in [9.17, 15) is 4.79 Å². The molecule has 1 aliphatic rings. The van der Waals surface area contributed by atoms with Crippen molar-refractivity contribution in [3.63, 3.8) is 0 Å². The minimum absolute atomic E-state index is 0.127. The smallest absolute Gasteiger partial charge is 0.221 e. The molecule has 0 aliphatic heterocycles. The van der Waals surface area contributed by atoms with Gasteiger partial charge in [0.15, 0.2) is 0 Å². The summed E-state index contributed by atoms with van der Waals surface area (Å²) in [5.41, 5.74) is 1.38. The van der Waals surface area contributed by atoms with Gasteiger partial charge in [-0.25, -0.2) is 0 Å². The molecular weight excluding hydrogens is 236 g/mol. The Hall–Kier alpha value is -0.830. The number of allylic oxidation sites excluding steroid dienone is 2. The number of hydrogen-bond donors (Lipinski definition) is 2. The second kappa shape index (κ2) is 7.09. The van der Waals surface area contributed by atoms with Crippen LogP contribution in [0, 0.1) is 11.8 Å². The van der Waals surface area contributed by atoms with Crippen LogP contribution in [0.1, 0.15) is 53.9 Å². The Morgan fingerprint density at radius 2 is 2.11 bits per heavy atom. The van der Waals surface area contributed by atoms with E-state index in [-0.39, 0.29) is 11.4 Å². The molecule has 3 nitrogen and oxygen atoms in total. The van der Waals surface area contributed by atoms with E-state index in [2.05, 4.69) is 30.6 Å². The normalized spacial score (nSPS) is 23.9. The number of carbonyl (C=O) groups excluding carboxylic acids is 1. The second-order valence-electron chi connectivity index (χ2n) is 7.05. The average molecular weight is 266 g/mol. The van der Waals surface area contributed by atoms with E-state index < -0.39 is 0 Å². The van der Waals surface area contributed by atoms with Crippen LogP contribution in [0.2, 0.25) is 0 Å². The summed E-state index contributed by atoms with van der Waals surface area (Å²) in [6.45, 7) is 12.3. The van der Waals surface area contributed by atoms with Crippen LogP contribution in [0.3, 0.4) is 0 Å². The summed E-state index contributed by atoms with van der Waals surface area (Å²) in [7, 11) is 0. The highest BCUT2D eigenvalue weighted by molar-refractivity contribution is 5.76. The Kier molecular flexibility index (Phi) is 6.05. The van der Waals surface area contributed by atoms with Gasteiger partial charge in [0.05, 0.1) is 0 Å². The molecular formula is C16H30N2O. The van der Waals surface area contributed by atoms with Crippen molar-refractivity contribution in [2.45, 2.75) is 59.4 Å². The zero-order chi connectivity index (χ0) is 14.5. The van der Waals surface area contributed by atoms with Crippen molar-refractivity contribution in [3.05, 3.63) is 11.6 Å². The van der Waals surface area contributed by atoms with Gasteiger partial charge in [-0.2, -0.15) is 0 Å². The molecule has 1 rings (SSSR count). The van der Waals surface area contributed by atoms with Crippen molar-refractivity contribution < 1.29 is 4.79 Å². The second-order valence-corrected chi connectivity index (χ2v) is 7.05. The summed E-state index contributed by atoms with van der Waals surface area (Å²) < 4.78 is 0. The van der Waals surface area contributed by atoms with Gasteiger partial charge >= 0.3 is 0 Å². The van der Waals surface area contributed by atoms with Crippen LogP contribution in [-0.4, -0.2) is 24.5 Å². The molecule has 19 heavy (non-hydrogen) atoms. The van der Waals surface area contributed by atoms with Gasteiger partial charge in [-0.1, -0.05) is 18.6 Å². The lowest BCUT2D eigenvalue weighted by Gasteiger charge is -2.25. The van der Waals surface area contributed by atoms with Gasteiger partial charge in [0.2, 0.25) is 5.91 Å². The van der Waals surface area contributed by atoms with E-state index in [0.29, 0.717) is 12.3 Å². The molecule has 0 saturated carbocycles. The fourth-order valence-corrected chi connectivity index (χ4v) is 2.83. The summed E-state index contributed by atoms with van der Waals surface area (Å²) in [4.78, 5) is 11.7. The fraction of sp³-hybridized carbons (Fsp3) is 0.812. The molecule has 1 aliphatic carbocycles. The SMILES string of the molecule is CC1=CC(C)CC(CNCCC(=O)NC(C)(C)C)C1. The van der Waals surface area contributed by atoms with Gasteiger partial charge in [0, 0.05) is 18.5 Å². The quantitative estimate of drug-likeness (QED) is 0.593. The summed E-state index contributed by atoms with van der Waals surface area (Å²) >= 11 is 0. The molecule has 0 bridgehead atoms. The van der Waals surface area contributed by atoms with Crippen molar-refractivity contribution in [1.29, 1.82) is 0 Å². The van der Waals surface area contributed by atoms with Gasteiger partial charge in [0.1, 0.15) is 0 Å². The van der Waals surface area contributed by atoms with Gasteiger partial charge in [-0.3, -0.25) is 4.79 Å². The first-order chi connectivity index (χ1) is 8.76. The largest absolute Gasteiger partial charge is 0.351 e. The van der Waals surface area contributed by atoms with Crippen molar-refractivity contribution >= 4 is 5.91 Å². The van der Waals surface area contributed by atoms with Gasteiger partial charge in [-0.15, -0.1) is 0 Å². The molecule has 0 aromatic rings. The molecule has 0 saturated heterocycles. The third-order valence-corrected chi connectivity index (χ3v) is 3.36. The number of nitrogens with one attached hydrogen (secondary N) is 2. The lowest BCUT2D eigenvalue weighted by atomic mass is 9.84.